The van der Waals surface area contributed by atoms with Gasteiger partial charge in [0.1, 0.15) is 12.3 Å². The number of nitro benzene ring substituents is 1. The number of anilines is 1. The molecule has 0 radical (unpaired) electrons. The van der Waals surface area contributed by atoms with Crippen molar-refractivity contribution in [3.8, 4) is 0 Å². The molecule has 114 valence electrons. The van der Waals surface area contributed by atoms with Crippen molar-refractivity contribution in [1.82, 2.24) is 0 Å². The molecule has 2 aromatic carbocycles. The third kappa shape index (κ3) is 3.95. The number of hydrogen-bond donors (Lipinski definition) is 1. The fourth-order valence-electron chi connectivity index (χ4n) is 1.89. The normalized spacial score (nSPS) is 10.1. The Morgan fingerprint density at radius 3 is 2.64 bits per heavy atom. The Labute approximate surface area is 131 Å². The summed E-state index contributed by atoms with van der Waals surface area (Å²) in [6.07, 6.45) is -0.766. The Morgan fingerprint density at radius 2 is 2.00 bits per heavy atom. The van der Waals surface area contributed by atoms with Crippen molar-refractivity contribution >= 4 is 29.1 Å². The summed E-state index contributed by atoms with van der Waals surface area (Å²) in [4.78, 5) is 22.2. The Hall–Kier alpha value is -2.60. The Morgan fingerprint density at radius 1 is 1.32 bits per heavy atom. The molecule has 0 atom stereocenters. The van der Waals surface area contributed by atoms with Crippen LogP contribution >= 0.6 is 11.6 Å². The van der Waals surface area contributed by atoms with Gasteiger partial charge in [-0.1, -0.05) is 41.9 Å². The van der Waals surface area contributed by atoms with E-state index in [1.165, 1.54) is 12.1 Å². The SMILES string of the molecule is Cc1cc(Cl)cc([N+](=O)[O-])c1NC(=O)OCc1ccccc1. The minimum absolute atomic E-state index is 0.0764. The largest absolute Gasteiger partial charge is 0.444 e. The smallest absolute Gasteiger partial charge is 0.412 e. The number of nitro groups is 1. The summed E-state index contributed by atoms with van der Waals surface area (Å²) < 4.78 is 5.05. The van der Waals surface area contributed by atoms with Gasteiger partial charge in [0.15, 0.2) is 0 Å². The van der Waals surface area contributed by atoms with Crippen LogP contribution in [0.4, 0.5) is 16.2 Å². The van der Waals surface area contributed by atoms with Gasteiger partial charge >= 0.3 is 6.09 Å². The molecule has 0 aromatic heterocycles. The van der Waals surface area contributed by atoms with Gasteiger partial charge in [0.2, 0.25) is 0 Å². The second-order valence-corrected chi connectivity index (χ2v) is 5.00. The number of carbonyl (C=O) groups excluding carboxylic acids is 1. The van der Waals surface area contributed by atoms with Crippen LogP contribution in [0.3, 0.4) is 0 Å². The highest BCUT2D eigenvalue weighted by atomic mass is 35.5. The van der Waals surface area contributed by atoms with E-state index in [9.17, 15) is 14.9 Å². The molecular formula is C15H13ClN2O4. The highest BCUT2D eigenvalue weighted by Gasteiger charge is 2.20. The summed E-state index contributed by atoms with van der Waals surface area (Å²) in [5.74, 6) is 0. The number of aryl methyl sites for hydroxylation is 1. The maximum absolute atomic E-state index is 11.8. The monoisotopic (exact) mass is 320 g/mol. The first kappa shape index (κ1) is 15.8. The topological polar surface area (TPSA) is 81.5 Å². The van der Waals surface area contributed by atoms with Crippen molar-refractivity contribution < 1.29 is 14.5 Å². The van der Waals surface area contributed by atoms with Crippen molar-refractivity contribution in [1.29, 1.82) is 0 Å². The molecule has 22 heavy (non-hydrogen) atoms. The van der Waals surface area contributed by atoms with E-state index >= 15 is 0 Å². The zero-order valence-electron chi connectivity index (χ0n) is 11.7. The molecule has 0 saturated heterocycles. The van der Waals surface area contributed by atoms with Crippen LogP contribution in [-0.4, -0.2) is 11.0 Å². The van der Waals surface area contributed by atoms with E-state index in [1.807, 2.05) is 30.3 Å². The standard InChI is InChI=1S/C15H13ClN2O4/c1-10-7-12(16)8-13(18(20)21)14(10)17-15(19)22-9-11-5-3-2-4-6-11/h2-8H,9H2,1H3,(H,17,19). The van der Waals surface area contributed by atoms with Gasteiger partial charge in [-0.05, 0) is 24.1 Å². The van der Waals surface area contributed by atoms with E-state index in [1.54, 1.807) is 6.92 Å². The van der Waals surface area contributed by atoms with Crippen LogP contribution in [0.1, 0.15) is 11.1 Å². The molecule has 0 aliphatic rings. The highest BCUT2D eigenvalue weighted by molar-refractivity contribution is 6.31. The molecule has 0 aliphatic carbocycles. The third-order valence-electron chi connectivity index (χ3n) is 2.92. The molecule has 0 saturated carbocycles. The zero-order valence-corrected chi connectivity index (χ0v) is 12.5. The maximum Gasteiger partial charge on any atom is 0.412 e. The van der Waals surface area contributed by atoms with Gasteiger partial charge in [-0.3, -0.25) is 15.4 Å². The number of carbonyl (C=O) groups is 1. The molecule has 1 amide bonds. The Balaban J connectivity index is 2.10. The van der Waals surface area contributed by atoms with Crippen LogP contribution in [0.2, 0.25) is 5.02 Å². The lowest BCUT2D eigenvalue weighted by molar-refractivity contribution is -0.383. The molecule has 0 fully saturated rings. The Bertz CT molecular complexity index is 704. The van der Waals surface area contributed by atoms with Gasteiger partial charge < -0.3 is 4.74 Å². The average Bonchev–Trinajstić information content (AvgIpc) is 2.48. The second kappa shape index (κ2) is 6.91. The second-order valence-electron chi connectivity index (χ2n) is 4.56. The third-order valence-corrected chi connectivity index (χ3v) is 3.13. The first-order chi connectivity index (χ1) is 10.5. The van der Waals surface area contributed by atoms with E-state index in [4.69, 9.17) is 16.3 Å². The molecule has 2 rings (SSSR count). The predicted molar refractivity (Wildman–Crippen MR) is 83.1 cm³/mol. The van der Waals surface area contributed by atoms with Gasteiger partial charge in [-0.2, -0.15) is 0 Å². The summed E-state index contributed by atoms with van der Waals surface area (Å²) in [5.41, 5.74) is 1.10. The first-order valence-corrected chi connectivity index (χ1v) is 6.77. The van der Waals surface area contributed by atoms with Gasteiger partial charge in [-0.25, -0.2) is 4.79 Å². The van der Waals surface area contributed by atoms with Gasteiger partial charge in [0.05, 0.1) is 4.92 Å². The molecule has 0 heterocycles. The van der Waals surface area contributed by atoms with E-state index in [0.717, 1.165) is 5.56 Å². The van der Waals surface area contributed by atoms with Crippen molar-refractivity contribution in [3.63, 3.8) is 0 Å². The van der Waals surface area contributed by atoms with Crippen LogP contribution in [-0.2, 0) is 11.3 Å². The predicted octanol–water partition coefficient (Wildman–Crippen LogP) is 4.31. The number of hydrogen-bond acceptors (Lipinski definition) is 4. The number of rotatable bonds is 4. The van der Waals surface area contributed by atoms with Crippen molar-refractivity contribution in [2.75, 3.05) is 5.32 Å². The van der Waals surface area contributed by atoms with Crippen molar-refractivity contribution in [2.45, 2.75) is 13.5 Å². The first-order valence-electron chi connectivity index (χ1n) is 6.39. The van der Waals surface area contributed by atoms with E-state index in [0.29, 0.717) is 5.56 Å². The quantitative estimate of drug-likeness (QED) is 0.672. The molecule has 0 spiro atoms. The molecule has 2 aromatic rings. The van der Waals surface area contributed by atoms with Crippen LogP contribution in [0.15, 0.2) is 42.5 Å². The van der Waals surface area contributed by atoms with Gasteiger partial charge in [-0.15, -0.1) is 0 Å². The lowest BCUT2D eigenvalue weighted by Gasteiger charge is -2.10. The number of halogens is 1. The van der Waals surface area contributed by atoms with Gasteiger partial charge in [0.25, 0.3) is 5.69 Å². The van der Waals surface area contributed by atoms with Gasteiger partial charge in [0, 0.05) is 11.1 Å². The molecule has 0 unspecified atom stereocenters. The van der Waals surface area contributed by atoms with Crippen LogP contribution < -0.4 is 5.32 Å². The number of benzene rings is 2. The molecule has 1 N–H and O–H groups in total. The minimum Gasteiger partial charge on any atom is -0.444 e. The zero-order chi connectivity index (χ0) is 16.1. The molecule has 7 heteroatoms. The number of amides is 1. The van der Waals surface area contributed by atoms with E-state index < -0.39 is 11.0 Å². The van der Waals surface area contributed by atoms with Crippen molar-refractivity contribution in [3.05, 3.63) is 68.7 Å². The fraction of sp³-hybridized carbons (Fsp3) is 0.133. The van der Waals surface area contributed by atoms with E-state index in [2.05, 4.69) is 5.32 Å². The number of ether oxygens (including phenoxy) is 1. The summed E-state index contributed by atoms with van der Waals surface area (Å²) in [7, 11) is 0. The molecule has 6 nitrogen and oxygen atoms in total. The summed E-state index contributed by atoms with van der Waals surface area (Å²) in [6.45, 7) is 1.69. The Kier molecular flexibility index (Phi) is 4.95. The van der Waals surface area contributed by atoms with Crippen LogP contribution in [0.5, 0.6) is 0 Å². The molecular weight excluding hydrogens is 308 g/mol. The number of nitrogens with zero attached hydrogens (tertiary/aromatic N) is 1. The summed E-state index contributed by atoms with van der Waals surface area (Å²) in [5, 5.41) is 13.7. The average molecular weight is 321 g/mol. The number of nitrogens with one attached hydrogen (secondary N) is 1. The van der Waals surface area contributed by atoms with Crippen molar-refractivity contribution in [2.24, 2.45) is 0 Å². The van der Waals surface area contributed by atoms with Crippen LogP contribution in [0, 0.1) is 17.0 Å². The molecule has 0 aliphatic heterocycles. The summed E-state index contributed by atoms with van der Waals surface area (Å²) in [6, 6.07) is 11.8. The minimum atomic E-state index is -0.766. The lowest BCUT2D eigenvalue weighted by Crippen LogP contribution is -2.15. The highest BCUT2D eigenvalue weighted by Crippen LogP contribution is 2.31. The summed E-state index contributed by atoms with van der Waals surface area (Å²) >= 11 is 5.80. The van der Waals surface area contributed by atoms with E-state index in [-0.39, 0.29) is 23.0 Å². The lowest BCUT2D eigenvalue weighted by atomic mass is 10.1. The maximum atomic E-state index is 11.8. The van der Waals surface area contributed by atoms with Crippen LogP contribution in [0.25, 0.3) is 0 Å². The molecule has 0 bridgehead atoms. The fourth-order valence-corrected chi connectivity index (χ4v) is 2.16.